The zero-order chi connectivity index (χ0) is 19.4. The topological polar surface area (TPSA) is 95.9 Å². The molecule has 1 fully saturated rings. The molecule has 0 spiro atoms. The Morgan fingerprint density at radius 1 is 1.44 bits per heavy atom. The minimum atomic E-state index is -3.50. The van der Waals surface area contributed by atoms with Gasteiger partial charge in [-0.15, -0.1) is 0 Å². The first-order valence-electron chi connectivity index (χ1n) is 8.49. The van der Waals surface area contributed by atoms with Gasteiger partial charge in [0.1, 0.15) is 23.0 Å². The van der Waals surface area contributed by atoms with Gasteiger partial charge >= 0.3 is 0 Å². The van der Waals surface area contributed by atoms with Crippen LogP contribution in [0.1, 0.15) is 18.3 Å². The summed E-state index contributed by atoms with van der Waals surface area (Å²) >= 11 is 0. The van der Waals surface area contributed by atoms with Crippen LogP contribution < -0.4 is 4.72 Å². The summed E-state index contributed by atoms with van der Waals surface area (Å²) in [4.78, 5) is 13.2. The van der Waals surface area contributed by atoms with Crippen molar-refractivity contribution in [2.24, 2.45) is 0 Å². The lowest BCUT2D eigenvalue weighted by Gasteiger charge is -2.38. The predicted molar refractivity (Wildman–Crippen MR) is 97.2 cm³/mol. The van der Waals surface area contributed by atoms with E-state index in [1.54, 1.807) is 24.2 Å². The molecule has 0 saturated carbocycles. The van der Waals surface area contributed by atoms with Crippen molar-refractivity contribution in [2.75, 3.05) is 26.4 Å². The highest BCUT2D eigenvalue weighted by atomic mass is 32.2. The number of alkyl halides is 2. The molecule has 1 unspecified atom stereocenters. The van der Waals surface area contributed by atoms with Crippen LogP contribution in [0.4, 0.5) is 8.78 Å². The van der Waals surface area contributed by atoms with Crippen molar-refractivity contribution in [3.05, 3.63) is 24.3 Å². The molecule has 0 amide bonds. The third-order valence-corrected chi connectivity index (χ3v) is 5.53. The first-order chi connectivity index (χ1) is 12.7. The second-order valence-corrected chi connectivity index (χ2v) is 8.86. The van der Waals surface area contributed by atoms with Crippen molar-refractivity contribution in [1.29, 1.82) is 0 Å². The van der Waals surface area contributed by atoms with Crippen molar-refractivity contribution in [3.63, 3.8) is 0 Å². The summed E-state index contributed by atoms with van der Waals surface area (Å²) in [6, 6.07) is 0.652. The van der Waals surface area contributed by atoms with Crippen molar-refractivity contribution in [1.82, 2.24) is 29.1 Å². The number of nitrogens with zero attached hydrogens (tertiary/aromatic N) is 4. The number of H-pyrrole nitrogens is 1. The Labute approximate surface area is 154 Å². The number of hydrogen-bond acceptors (Lipinski definition) is 5. The van der Waals surface area contributed by atoms with E-state index in [9.17, 15) is 17.2 Å². The molecule has 0 aliphatic carbocycles. The second kappa shape index (κ2) is 6.21. The number of pyridine rings is 1. The summed E-state index contributed by atoms with van der Waals surface area (Å²) in [5, 5.41) is 0.681. The van der Waals surface area contributed by atoms with Gasteiger partial charge < -0.3 is 14.5 Å². The van der Waals surface area contributed by atoms with Gasteiger partial charge in [0.05, 0.1) is 31.1 Å². The highest BCUT2D eigenvalue weighted by Gasteiger charge is 2.46. The van der Waals surface area contributed by atoms with Crippen molar-refractivity contribution in [2.45, 2.75) is 24.9 Å². The highest BCUT2D eigenvalue weighted by molar-refractivity contribution is 7.88. The van der Waals surface area contributed by atoms with E-state index in [2.05, 4.69) is 19.7 Å². The molecular weight excluding hydrogens is 378 g/mol. The number of rotatable bonds is 4. The molecule has 1 atom stereocenters. The number of piperidine rings is 1. The zero-order valence-electron chi connectivity index (χ0n) is 14.9. The Morgan fingerprint density at radius 3 is 2.93 bits per heavy atom. The van der Waals surface area contributed by atoms with Gasteiger partial charge in [0.15, 0.2) is 0 Å². The van der Waals surface area contributed by atoms with Crippen LogP contribution in [0.15, 0.2) is 18.5 Å². The van der Waals surface area contributed by atoms with Crippen molar-refractivity contribution >= 4 is 32.1 Å². The van der Waals surface area contributed by atoms with E-state index in [1.807, 2.05) is 0 Å². The smallest absolute Gasteiger partial charge is 0.280 e. The molecular formula is C16H20F2N6O2S. The van der Waals surface area contributed by atoms with Crippen LogP contribution >= 0.6 is 0 Å². The first kappa shape index (κ1) is 18.3. The molecule has 1 aliphatic heterocycles. The van der Waals surface area contributed by atoms with E-state index in [0.717, 1.165) is 6.26 Å². The molecule has 0 radical (unpaired) electrons. The van der Waals surface area contributed by atoms with Gasteiger partial charge in [-0.2, -0.15) is 0 Å². The van der Waals surface area contributed by atoms with Gasteiger partial charge in [0.25, 0.3) is 5.92 Å². The minimum Gasteiger partial charge on any atom is -0.346 e. The molecule has 27 heavy (non-hydrogen) atoms. The fourth-order valence-electron chi connectivity index (χ4n) is 3.71. The average Bonchev–Trinajstić information content (AvgIpc) is 3.14. The Morgan fingerprint density at radius 2 is 2.22 bits per heavy atom. The summed E-state index contributed by atoms with van der Waals surface area (Å²) in [5.41, 5.74) is 1.57. The minimum absolute atomic E-state index is 0.165. The number of fused-ring (bicyclic) bond motifs is 3. The van der Waals surface area contributed by atoms with E-state index in [0.29, 0.717) is 28.6 Å². The van der Waals surface area contributed by atoms with Crippen LogP contribution in [0.25, 0.3) is 22.1 Å². The summed E-state index contributed by atoms with van der Waals surface area (Å²) in [6.07, 6.45) is 4.46. The number of likely N-dealkylation sites (tertiary alicyclic amines) is 1. The molecule has 0 bridgehead atoms. The molecule has 4 heterocycles. The third-order valence-electron chi connectivity index (χ3n) is 4.86. The van der Waals surface area contributed by atoms with E-state index < -0.39 is 22.0 Å². The van der Waals surface area contributed by atoms with Crippen LogP contribution in [0, 0.1) is 0 Å². The lowest BCUT2D eigenvalue weighted by molar-refractivity contribution is -0.0975. The van der Waals surface area contributed by atoms with Crippen LogP contribution in [-0.4, -0.2) is 65.2 Å². The Balaban J connectivity index is 1.93. The van der Waals surface area contributed by atoms with Crippen molar-refractivity contribution < 1.29 is 17.2 Å². The van der Waals surface area contributed by atoms with E-state index in [4.69, 9.17) is 0 Å². The monoisotopic (exact) mass is 398 g/mol. The molecule has 4 rings (SSSR count). The molecule has 11 heteroatoms. The van der Waals surface area contributed by atoms with Gasteiger partial charge in [-0.1, -0.05) is 0 Å². The second-order valence-electron chi connectivity index (χ2n) is 7.03. The quantitative estimate of drug-likeness (QED) is 0.694. The fraction of sp³-hybridized carbons (Fsp3) is 0.500. The molecule has 0 aromatic carbocycles. The fourth-order valence-corrected chi connectivity index (χ4v) is 4.10. The average molecular weight is 398 g/mol. The van der Waals surface area contributed by atoms with Crippen LogP contribution in [0.5, 0.6) is 0 Å². The van der Waals surface area contributed by atoms with Gasteiger partial charge in [-0.05, 0) is 19.5 Å². The molecule has 3 aromatic rings. The maximum Gasteiger partial charge on any atom is 0.280 e. The maximum atomic E-state index is 14.9. The van der Waals surface area contributed by atoms with E-state index >= 15 is 0 Å². The normalized spacial score (nSPS) is 21.3. The summed E-state index contributed by atoms with van der Waals surface area (Å²) in [5.74, 6) is -2.73. The van der Waals surface area contributed by atoms with Crippen molar-refractivity contribution in [3.8, 4) is 0 Å². The van der Waals surface area contributed by atoms with Gasteiger partial charge in [-0.25, -0.2) is 31.9 Å². The molecule has 3 aromatic heterocycles. The Hall–Kier alpha value is -2.11. The molecule has 1 aliphatic rings. The molecule has 146 valence electrons. The van der Waals surface area contributed by atoms with E-state index in [1.165, 1.54) is 10.8 Å². The molecule has 1 saturated heterocycles. The van der Waals surface area contributed by atoms with Gasteiger partial charge in [0, 0.05) is 18.1 Å². The van der Waals surface area contributed by atoms with Gasteiger partial charge in [-0.3, -0.25) is 0 Å². The molecule has 8 nitrogen and oxygen atoms in total. The summed E-state index contributed by atoms with van der Waals surface area (Å²) in [6.45, 7) is -0.0142. The maximum absolute atomic E-state index is 14.9. The largest absolute Gasteiger partial charge is 0.346 e. The number of sulfonamides is 1. The standard InChI is InChI=1S/C16H20F2N6O2S/c1-23-6-4-12(16(17,18)9-23)24-13(8-21-27(2,25)26)22-11-7-20-15-10(14(11)24)3-5-19-15/h3,5,7,12,21H,4,6,8-9H2,1-2H3,(H,19,20). The predicted octanol–water partition coefficient (Wildman–Crippen LogP) is 1.47. The Bertz CT molecular complexity index is 1110. The third kappa shape index (κ3) is 3.30. The summed E-state index contributed by atoms with van der Waals surface area (Å²) < 4.78 is 56.8. The number of nitrogens with one attached hydrogen (secondary N) is 2. The SMILES string of the molecule is CN1CCC(n2c(CNS(C)(=O)=O)nc3cnc4[nH]ccc4c32)C(F)(F)C1. The highest BCUT2D eigenvalue weighted by Crippen LogP contribution is 2.40. The number of imidazole rings is 1. The van der Waals surface area contributed by atoms with Crippen LogP contribution in [0.3, 0.4) is 0 Å². The zero-order valence-corrected chi connectivity index (χ0v) is 15.7. The van der Waals surface area contributed by atoms with Crippen LogP contribution in [-0.2, 0) is 16.6 Å². The Kier molecular flexibility index (Phi) is 4.20. The first-order valence-corrected chi connectivity index (χ1v) is 10.4. The van der Waals surface area contributed by atoms with Crippen LogP contribution in [0.2, 0.25) is 0 Å². The van der Waals surface area contributed by atoms with E-state index in [-0.39, 0.29) is 25.3 Å². The number of halogens is 2. The number of aromatic nitrogens is 4. The molecule has 2 N–H and O–H groups in total. The summed E-state index contributed by atoms with van der Waals surface area (Å²) in [7, 11) is -1.83. The van der Waals surface area contributed by atoms with Gasteiger partial charge in [0.2, 0.25) is 10.0 Å². The lowest BCUT2D eigenvalue weighted by Crippen LogP contribution is -2.48. The lowest BCUT2D eigenvalue weighted by atomic mass is 10.00. The number of hydrogen-bond donors (Lipinski definition) is 2. The number of aromatic amines is 1.